The first-order chi connectivity index (χ1) is 11.1. The van der Waals surface area contributed by atoms with Gasteiger partial charge in [-0.05, 0) is 31.9 Å². The molecule has 6 heteroatoms. The highest BCUT2D eigenvalue weighted by Crippen LogP contribution is 2.10. The van der Waals surface area contributed by atoms with Gasteiger partial charge in [-0.1, -0.05) is 24.3 Å². The summed E-state index contributed by atoms with van der Waals surface area (Å²) in [5.41, 5.74) is 2.81. The Bertz CT molecular complexity index is 645. The Kier molecular flexibility index (Phi) is 6.17. The Morgan fingerprint density at radius 1 is 1.22 bits per heavy atom. The molecular weight excluding hydrogens is 292 g/mol. The highest BCUT2D eigenvalue weighted by Gasteiger charge is 2.06. The summed E-state index contributed by atoms with van der Waals surface area (Å²) in [6, 6.07) is 7.74. The zero-order valence-corrected chi connectivity index (χ0v) is 13.9. The van der Waals surface area contributed by atoms with E-state index in [-0.39, 0.29) is 6.61 Å². The number of aliphatic hydroxyl groups excluding tert-OH is 1. The van der Waals surface area contributed by atoms with E-state index >= 15 is 0 Å². The normalized spacial score (nSPS) is 11.6. The van der Waals surface area contributed by atoms with Gasteiger partial charge in [0.15, 0.2) is 5.96 Å². The zero-order valence-electron chi connectivity index (χ0n) is 13.9. The van der Waals surface area contributed by atoms with Gasteiger partial charge in [0.2, 0.25) is 5.89 Å². The minimum absolute atomic E-state index is 0.0184. The molecule has 1 heterocycles. The van der Waals surface area contributed by atoms with Gasteiger partial charge >= 0.3 is 0 Å². The Labute approximate surface area is 136 Å². The van der Waals surface area contributed by atoms with Gasteiger partial charge in [0.1, 0.15) is 5.76 Å². The molecule has 6 nitrogen and oxygen atoms in total. The molecule has 0 fully saturated rings. The van der Waals surface area contributed by atoms with Crippen LogP contribution in [0.5, 0.6) is 0 Å². The predicted octanol–water partition coefficient (Wildman–Crippen LogP) is 2.04. The van der Waals surface area contributed by atoms with Gasteiger partial charge in [-0.25, -0.2) is 9.98 Å². The first-order valence-electron chi connectivity index (χ1n) is 7.76. The number of aryl methyl sites for hydroxylation is 2. The van der Waals surface area contributed by atoms with Gasteiger partial charge in [-0.3, -0.25) is 0 Å². The molecule has 0 atom stereocenters. The summed E-state index contributed by atoms with van der Waals surface area (Å²) >= 11 is 0. The van der Waals surface area contributed by atoms with E-state index in [2.05, 4.69) is 20.6 Å². The molecule has 1 aromatic carbocycles. The number of rotatable bonds is 6. The van der Waals surface area contributed by atoms with Crippen LogP contribution in [0, 0.1) is 13.8 Å². The van der Waals surface area contributed by atoms with Crippen molar-refractivity contribution in [2.75, 3.05) is 6.54 Å². The van der Waals surface area contributed by atoms with E-state index in [1.807, 2.05) is 45.0 Å². The lowest BCUT2D eigenvalue weighted by atomic mass is 10.1. The number of aliphatic imine (C=N–C) groups is 1. The van der Waals surface area contributed by atoms with Crippen molar-refractivity contribution in [3.8, 4) is 0 Å². The van der Waals surface area contributed by atoms with Crippen LogP contribution in [0.4, 0.5) is 0 Å². The quantitative estimate of drug-likeness (QED) is 0.561. The Morgan fingerprint density at radius 3 is 2.57 bits per heavy atom. The van der Waals surface area contributed by atoms with Crippen LogP contribution >= 0.6 is 0 Å². The third-order valence-corrected chi connectivity index (χ3v) is 3.52. The second kappa shape index (κ2) is 8.33. The number of nitrogens with one attached hydrogen (secondary N) is 2. The van der Waals surface area contributed by atoms with Gasteiger partial charge in [0.25, 0.3) is 0 Å². The summed E-state index contributed by atoms with van der Waals surface area (Å²) in [6.45, 7) is 7.59. The summed E-state index contributed by atoms with van der Waals surface area (Å²) in [6.07, 6.45) is 0. The van der Waals surface area contributed by atoms with E-state index in [4.69, 9.17) is 4.42 Å². The van der Waals surface area contributed by atoms with Crippen molar-refractivity contribution in [2.45, 2.75) is 40.5 Å². The molecule has 0 spiro atoms. The predicted molar refractivity (Wildman–Crippen MR) is 90.0 cm³/mol. The highest BCUT2D eigenvalue weighted by molar-refractivity contribution is 5.79. The fourth-order valence-corrected chi connectivity index (χ4v) is 2.15. The number of aromatic nitrogens is 1. The molecule has 0 saturated heterocycles. The van der Waals surface area contributed by atoms with Crippen molar-refractivity contribution in [2.24, 2.45) is 4.99 Å². The molecule has 0 aliphatic carbocycles. The zero-order chi connectivity index (χ0) is 16.7. The summed E-state index contributed by atoms with van der Waals surface area (Å²) in [4.78, 5) is 8.89. The van der Waals surface area contributed by atoms with Crippen LogP contribution in [0.15, 0.2) is 33.7 Å². The number of nitrogens with zero attached hydrogens (tertiary/aromatic N) is 2. The van der Waals surface area contributed by atoms with Crippen LogP contribution in [0.2, 0.25) is 0 Å². The molecule has 124 valence electrons. The van der Waals surface area contributed by atoms with Crippen molar-refractivity contribution in [1.82, 2.24) is 15.6 Å². The van der Waals surface area contributed by atoms with Crippen molar-refractivity contribution >= 4 is 5.96 Å². The summed E-state index contributed by atoms with van der Waals surface area (Å²) in [7, 11) is 0. The highest BCUT2D eigenvalue weighted by atomic mass is 16.4. The Morgan fingerprint density at radius 2 is 1.96 bits per heavy atom. The largest absolute Gasteiger partial charge is 0.444 e. The van der Waals surface area contributed by atoms with Crippen LogP contribution < -0.4 is 10.6 Å². The molecule has 2 aromatic rings. The first-order valence-corrected chi connectivity index (χ1v) is 7.76. The topological polar surface area (TPSA) is 82.7 Å². The van der Waals surface area contributed by atoms with E-state index in [0.717, 1.165) is 29.1 Å². The first kappa shape index (κ1) is 17.0. The number of benzene rings is 1. The second-order valence-corrected chi connectivity index (χ2v) is 5.22. The number of hydrogen-bond acceptors (Lipinski definition) is 4. The molecule has 2 rings (SSSR count). The molecule has 1 aromatic heterocycles. The number of oxazole rings is 1. The standard InChI is InChI=1S/C17H24N4O2/c1-4-18-17(20-10-16-21-12(2)13(3)23-16)19-9-14-7-5-6-8-15(14)11-22/h5-8,22H,4,9-11H2,1-3H3,(H2,18,19,20). The third kappa shape index (κ3) is 4.82. The Hall–Kier alpha value is -2.34. The summed E-state index contributed by atoms with van der Waals surface area (Å²) in [5.74, 6) is 2.16. The second-order valence-electron chi connectivity index (χ2n) is 5.22. The van der Waals surface area contributed by atoms with E-state index in [9.17, 15) is 5.11 Å². The monoisotopic (exact) mass is 316 g/mol. The van der Waals surface area contributed by atoms with Crippen LogP contribution in [-0.4, -0.2) is 22.6 Å². The molecular formula is C17H24N4O2. The van der Waals surface area contributed by atoms with E-state index in [1.54, 1.807) is 0 Å². The van der Waals surface area contributed by atoms with Gasteiger partial charge < -0.3 is 20.2 Å². The molecule has 0 aliphatic rings. The summed E-state index contributed by atoms with van der Waals surface area (Å²) in [5, 5.41) is 15.8. The fraction of sp³-hybridized carbons (Fsp3) is 0.412. The average molecular weight is 316 g/mol. The van der Waals surface area contributed by atoms with Crippen LogP contribution in [-0.2, 0) is 19.7 Å². The van der Waals surface area contributed by atoms with E-state index in [1.165, 1.54) is 0 Å². The fourth-order valence-electron chi connectivity index (χ4n) is 2.15. The van der Waals surface area contributed by atoms with Gasteiger partial charge in [-0.2, -0.15) is 0 Å². The van der Waals surface area contributed by atoms with Gasteiger partial charge in [0, 0.05) is 6.54 Å². The number of aliphatic hydroxyl groups is 1. The maximum Gasteiger partial charge on any atom is 0.214 e. The molecule has 3 N–H and O–H groups in total. The molecule has 23 heavy (non-hydrogen) atoms. The van der Waals surface area contributed by atoms with E-state index in [0.29, 0.717) is 24.9 Å². The minimum Gasteiger partial charge on any atom is -0.444 e. The molecule has 0 unspecified atom stereocenters. The average Bonchev–Trinajstić information content (AvgIpc) is 2.88. The van der Waals surface area contributed by atoms with Crippen LogP contribution in [0.1, 0.15) is 35.4 Å². The molecule has 0 amide bonds. The lowest BCUT2D eigenvalue weighted by Crippen LogP contribution is -2.36. The molecule has 0 bridgehead atoms. The Balaban J connectivity index is 2.02. The molecule has 0 aliphatic heterocycles. The molecule has 0 saturated carbocycles. The number of guanidine groups is 1. The van der Waals surface area contributed by atoms with Gasteiger partial charge in [0.05, 0.1) is 25.4 Å². The summed E-state index contributed by atoms with van der Waals surface area (Å²) < 4.78 is 5.55. The van der Waals surface area contributed by atoms with Crippen molar-refractivity contribution in [3.63, 3.8) is 0 Å². The van der Waals surface area contributed by atoms with Crippen LogP contribution in [0.3, 0.4) is 0 Å². The lowest BCUT2D eigenvalue weighted by molar-refractivity contribution is 0.280. The van der Waals surface area contributed by atoms with Gasteiger partial charge in [-0.15, -0.1) is 0 Å². The van der Waals surface area contributed by atoms with Crippen molar-refractivity contribution < 1.29 is 9.52 Å². The minimum atomic E-state index is 0.0184. The van der Waals surface area contributed by atoms with Crippen molar-refractivity contribution in [1.29, 1.82) is 0 Å². The van der Waals surface area contributed by atoms with Crippen LogP contribution in [0.25, 0.3) is 0 Å². The van der Waals surface area contributed by atoms with Crippen molar-refractivity contribution in [3.05, 3.63) is 52.7 Å². The van der Waals surface area contributed by atoms with E-state index < -0.39 is 0 Å². The SMILES string of the molecule is CCNC(=NCc1ccccc1CO)NCc1nc(C)c(C)o1. The maximum atomic E-state index is 9.37. The molecule has 0 radical (unpaired) electrons. The number of hydrogen-bond donors (Lipinski definition) is 3. The smallest absolute Gasteiger partial charge is 0.214 e. The maximum absolute atomic E-state index is 9.37. The lowest BCUT2D eigenvalue weighted by Gasteiger charge is -2.10. The third-order valence-electron chi connectivity index (χ3n) is 3.52.